The van der Waals surface area contributed by atoms with Crippen LogP contribution < -0.4 is 0 Å². The first-order valence-corrected chi connectivity index (χ1v) is 22.2. The normalized spacial score (nSPS) is 11.5. The van der Waals surface area contributed by atoms with Crippen molar-refractivity contribution < 1.29 is 24.5 Å². The Morgan fingerprint density at radius 1 is 0.576 bits per heavy atom. The van der Waals surface area contributed by atoms with Gasteiger partial charge in [-0.2, -0.15) is 0 Å². The van der Waals surface area contributed by atoms with Crippen LogP contribution in [0.1, 0.15) is 50.7 Å². The number of pyridine rings is 2. The molecule has 0 N–H and O–H groups in total. The number of nitrogens with zero attached hydrogens (tertiary/aromatic N) is 5. The third-order valence-corrected chi connectivity index (χ3v) is 12.3. The molecule has 0 aliphatic carbocycles. The quantitative estimate of drug-likeness (QED) is 0.149. The van der Waals surface area contributed by atoms with Crippen molar-refractivity contribution in [3.63, 3.8) is 0 Å². The van der Waals surface area contributed by atoms with E-state index in [1.807, 2.05) is 60.9 Å². The second kappa shape index (κ2) is 17.9. The van der Waals surface area contributed by atoms with Crippen molar-refractivity contribution in [1.29, 1.82) is 0 Å². The average Bonchev–Trinajstić information content (AvgIpc) is 4.05. The van der Waals surface area contributed by atoms with Crippen LogP contribution in [0.3, 0.4) is 0 Å². The van der Waals surface area contributed by atoms with Crippen LogP contribution in [0.5, 0.6) is 0 Å². The number of fused-ring (bicyclic) bond motifs is 7. The molecule has 7 heteroatoms. The molecule has 0 saturated carbocycles. The van der Waals surface area contributed by atoms with Gasteiger partial charge in [0.2, 0.25) is 0 Å². The van der Waals surface area contributed by atoms with Gasteiger partial charge in [-0.15, -0.1) is 48.0 Å². The van der Waals surface area contributed by atoms with Crippen molar-refractivity contribution in [3.05, 3.63) is 212 Å². The fourth-order valence-corrected chi connectivity index (χ4v) is 9.30. The van der Waals surface area contributed by atoms with E-state index in [2.05, 4.69) is 180 Å². The molecular weight excluding hydrogens is 987 g/mol. The maximum absolute atomic E-state index is 6.91. The van der Waals surface area contributed by atoms with Crippen molar-refractivity contribution in [1.82, 2.24) is 24.1 Å². The maximum atomic E-state index is 6.91. The molecule has 66 heavy (non-hydrogen) atoms. The second-order valence-corrected chi connectivity index (χ2v) is 17.0. The summed E-state index contributed by atoms with van der Waals surface area (Å²) in [5, 5.41) is 4.51. The summed E-state index contributed by atoms with van der Waals surface area (Å²) >= 11 is 0. The summed E-state index contributed by atoms with van der Waals surface area (Å²) in [5.41, 5.74) is 15.6. The number of benzene rings is 7. The molecule has 12 aromatic rings. The molecule has 6 nitrogen and oxygen atoms in total. The van der Waals surface area contributed by atoms with Crippen molar-refractivity contribution in [3.8, 4) is 45.1 Å². The standard InChI is InChI=1S/C48H37N4O.C11H8N.Ir/c1-29(2)37-26-32(31-14-6-5-7-15-31)27-38(30(3)4)46(37)52-42-24-25-49-28-39(42)50-48(52)36-22-23-43(45-35-18-10-13-21-44(35)53-47(36)45)51-40-19-11-8-16-33(40)34-17-9-12-20-41(34)51;1-2-6-10(7-3-1)11-8-4-5-9-12-11;/h5-21,23-30H,1-4H3;1-6,8-9H;/q2*-1;. The van der Waals surface area contributed by atoms with Crippen LogP contribution in [0.25, 0.3) is 99.9 Å². The van der Waals surface area contributed by atoms with Gasteiger partial charge < -0.3 is 18.5 Å². The van der Waals surface area contributed by atoms with E-state index in [9.17, 15) is 0 Å². The molecule has 1 radical (unpaired) electrons. The molecule has 0 unspecified atom stereocenters. The van der Waals surface area contributed by atoms with Gasteiger partial charge in [-0.1, -0.05) is 130 Å². The minimum Gasteiger partial charge on any atom is -0.500 e. The van der Waals surface area contributed by atoms with Crippen molar-refractivity contribution in [2.24, 2.45) is 0 Å². The van der Waals surface area contributed by atoms with Gasteiger partial charge in [-0.05, 0) is 93.3 Å². The van der Waals surface area contributed by atoms with Gasteiger partial charge in [0.25, 0.3) is 0 Å². The summed E-state index contributed by atoms with van der Waals surface area (Å²) in [6.45, 7) is 9.12. The Labute approximate surface area is 397 Å². The summed E-state index contributed by atoms with van der Waals surface area (Å²) in [4.78, 5) is 14.1. The second-order valence-electron chi connectivity index (χ2n) is 17.0. The Balaban J connectivity index is 0.000000342. The smallest absolute Gasteiger partial charge is 0.121 e. The van der Waals surface area contributed by atoms with E-state index in [-0.39, 0.29) is 31.9 Å². The van der Waals surface area contributed by atoms with E-state index >= 15 is 0 Å². The van der Waals surface area contributed by atoms with Crippen molar-refractivity contribution >= 4 is 54.8 Å². The van der Waals surface area contributed by atoms with E-state index in [0.29, 0.717) is 0 Å². The van der Waals surface area contributed by atoms with Crippen molar-refractivity contribution in [2.75, 3.05) is 0 Å². The number of para-hydroxylation sites is 3. The molecular formula is C59H45IrN5O-2. The van der Waals surface area contributed by atoms with Crippen LogP contribution in [0.15, 0.2) is 193 Å². The summed E-state index contributed by atoms with van der Waals surface area (Å²) in [7, 11) is 0. The Morgan fingerprint density at radius 3 is 1.89 bits per heavy atom. The third kappa shape index (κ3) is 7.40. The molecule has 0 spiro atoms. The minimum atomic E-state index is 0. The zero-order chi connectivity index (χ0) is 44.0. The number of hydrogen-bond donors (Lipinski definition) is 0. The van der Waals surface area contributed by atoms with E-state index in [1.54, 1.807) is 6.20 Å². The Bertz CT molecular complexity index is 3540. The molecule has 5 aromatic heterocycles. The predicted octanol–water partition coefficient (Wildman–Crippen LogP) is 15.3. The van der Waals surface area contributed by atoms with Gasteiger partial charge in [-0.25, -0.2) is 0 Å². The number of furan rings is 1. The zero-order valence-electron chi connectivity index (χ0n) is 37.0. The van der Waals surface area contributed by atoms with Crippen LogP contribution in [0.2, 0.25) is 0 Å². The van der Waals surface area contributed by atoms with Crippen LogP contribution in [-0.4, -0.2) is 24.1 Å². The molecule has 0 aliphatic rings. The van der Waals surface area contributed by atoms with Crippen LogP contribution >= 0.6 is 0 Å². The number of hydrogen-bond acceptors (Lipinski definition) is 4. The van der Waals surface area contributed by atoms with E-state index in [0.717, 1.165) is 78.0 Å². The molecule has 12 rings (SSSR count). The molecule has 5 heterocycles. The van der Waals surface area contributed by atoms with Crippen LogP contribution in [0, 0.1) is 12.1 Å². The van der Waals surface area contributed by atoms with Gasteiger partial charge in [0.05, 0.1) is 28.6 Å². The molecule has 0 atom stereocenters. The van der Waals surface area contributed by atoms with Crippen molar-refractivity contribution in [2.45, 2.75) is 39.5 Å². The van der Waals surface area contributed by atoms with Gasteiger partial charge in [0.1, 0.15) is 5.58 Å². The Kier molecular flexibility index (Phi) is 11.5. The van der Waals surface area contributed by atoms with Gasteiger partial charge in [0, 0.05) is 65.4 Å². The molecule has 323 valence electrons. The first-order chi connectivity index (χ1) is 31.9. The molecule has 0 saturated heterocycles. The molecule has 0 fully saturated rings. The first kappa shape index (κ1) is 42.5. The fraction of sp³-hybridized carbons (Fsp3) is 0.102. The molecule has 0 aliphatic heterocycles. The summed E-state index contributed by atoms with van der Waals surface area (Å²) in [5.74, 6) is 1.26. The predicted molar refractivity (Wildman–Crippen MR) is 267 cm³/mol. The maximum Gasteiger partial charge on any atom is 0.121 e. The van der Waals surface area contributed by atoms with Gasteiger partial charge in [-0.3, -0.25) is 9.97 Å². The average molecular weight is 1030 g/mol. The molecule has 7 aromatic carbocycles. The Morgan fingerprint density at radius 2 is 1.23 bits per heavy atom. The third-order valence-electron chi connectivity index (χ3n) is 12.3. The van der Waals surface area contributed by atoms with E-state index in [4.69, 9.17) is 9.40 Å². The largest absolute Gasteiger partial charge is 0.500 e. The zero-order valence-corrected chi connectivity index (χ0v) is 39.4. The van der Waals surface area contributed by atoms with Gasteiger partial charge in [0.15, 0.2) is 0 Å². The molecule has 0 amide bonds. The molecule has 0 bridgehead atoms. The minimum absolute atomic E-state index is 0. The Hall–Kier alpha value is -7.44. The number of aromatic nitrogens is 5. The number of rotatable bonds is 7. The number of imidazole rings is 1. The van der Waals surface area contributed by atoms with Crippen LogP contribution in [0.4, 0.5) is 0 Å². The van der Waals surface area contributed by atoms with E-state index < -0.39 is 0 Å². The fourth-order valence-electron chi connectivity index (χ4n) is 9.30. The summed E-state index contributed by atoms with van der Waals surface area (Å²) < 4.78 is 11.6. The summed E-state index contributed by atoms with van der Waals surface area (Å²) in [6.07, 6.45) is 5.51. The first-order valence-electron chi connectivity index (χ1n) is 22.2. The van der Waals surface area contributed by atoms with E-state index in [1.165, 1.54) is 33.0 Å². The SMILES string of the molecule is CC(C)c1cc(-c2ccccc2)cc(C(C)C)c1-n1c(-c2[c-]cc(-n3c4ccccc4c4ccccc43)c3c2oc2ccccc23)nc2cnccc21.[Ir].[c-]1ccccc1-c1ccccn1. The summed E-state index contributed by atoms with van der Waals surface area (Å²) in [6, 6.07) is 65.8. The topological polar surface area (TPSA) is 61.7 Å². The van der Waals surface area contributed by atoms with Gasteiger partial charge >= 0.3 is 0 Å². The van der Waals surface area contributed by atoms with Crippen LogP contribution in [-0.2, 0) is 20.1 Å². The monoisotopic (exact) mass is 1030 g/mol.